The molecule has 0 saturated heterocycles. The van der Waals surface area contributed by atoms with Crippen molar-refractivity contribution >= 4 is 11.4 Å². The van der Waals surface area contributed by atoms with Gasteiger partial charge >= 0.3 is 0 Å². The van der Waals surface area contributed by atoms with Crippen molar-refractivity contribution in [1.29, 1.82) is 0 Å². The van der Waals surface area contributed by atoms with Crippen LogP contribution in [0.5, 0.6) is 0 Å². The Labute approximate surface area is 93.3 Å². The van der Waals surface area contributed by atoms with Gasteiger partial charge < -0.3 is 5.32 Å². The molecule has 82 valence electrons. The van der Waals surface area contributed by atoms with Crippen LogP contribution in [-0.2, 0) is 11.3 Å². The number of nitrogens with one attached hydrogen (secondary N) is 1. The molecular formula is C12H13N3O. The molecule has 2 aromatic heterocycles. The highest BCUT2D eigenvalue weighted by molar-refractivity contribution is 5.81. The molecule has 4 nitrogen and oxygen atoms in total. The minimum absolute atomic E-state index is 0.176. The molecule has 0 bridgehead atoms. The van der Waals surface area contributed by atoms with Crippen LogP contribution in [0, 0.1) is 5.92 Å². The van der Waals surface area contributed by atoms with E-state index in [0.29, 0.717) is 6.54 Å². The number of hydrogen-bond acceptors (Lipinski definition) is 2. The fraction of sp³-hybridized carbons (Fsp3) is 0.333. The highest BCUT2D eigenvalue weighted by Crippen LogP contribution is 2.28. The highest BCUT2D eigenvalue weighted by Gasteiger charge is 2.29. The summed E-state index contributed by atoms with van der Waals surface area (Å²) in [5, 5.41) is 7.17. The van der Waals surface area contributed by atoms with Crippen LogP contribution in [0.25, 0.3) is 5.52 Å². The van der Waals surface area contributed by atoms with Crippen LogP contribution in [0.15, 0.2) is 30.6 Å². The molecule has 1 amide bonds. The Morgan fingerprint density at radius 2 is 2.38 bits per heavy atom. The zero-order valence-electron chi connectivity index (χ0n) is 8.89. The van der Waals surface area contributed by atoms with Gasteiger partial charge in [-0.25, -0.2) is 4.52 Å². The summed E-state index contributed by atoms with van der Waals surface area (Å²) in [5.74, 6) is 0.442. The molecule has 3 rings (SSSR count). The third kappa shape index (κ3) is 1.66. The van der Waals surface area contributed by atoms with Crippen LogP contribution in [0.4, 0.5) is 0 Å². The standard InChI is InChI=1S/C12H13N3O/c16-12(9-4-5-9)13-7-10-8-14-15-6-2-1-3-11(10)15/h1-3,6,8-9H,4-5,7H2,(H,13,16). The first-order valence-electron chi connectivity index (χ1n) is 5.53. The first-order chi connectivity index (χ1) is 7.84. The molecule has 2 aromatic rings. The van der Waals surface area contributed by atoms with Crippen LogP contribution in [0.1, 0.15) is 18.4 Å². The maximum Gasteiger partial charge on any atom is 0.223 e. The Kier molecular flexibility index (Phi) is 2.13. The second kappa shape index (κ2) is 3.63. The maximum absolute atomic E-state index is 11.5. The van der Waals surface area contributed by atoms with Crippen molar-refractivity contribution in [2.24, 2.45) is 5.92 Å². The van der Waals surface area contributed by atoms with E-state index >= 15 is 0 Å². The molecule has 1 fully saturated rings. The summed E-state index contributed by atoms with van der Waals surface area (Å²) in [6, 6.07) is 5.92. The Morgan fingerprint density at radius 3 is 3.19 bits per heavy atom. The molecule has 1 saturated carbocycles. The van der Waals surface area contributed by atoms with E-state index in [-0.39, 0.29) is 11.8 Å². The zero-order valence-corrected chi connectivity index (χ0v) is 8.89. The number of rotatable bonds is 3. The average Bonchev–Trinajstić information content (AvgIpc) is 3.08. The van der Waals surface area contributed by atoms with Crippen LogP contribution < -0.4 is 5.32 Å². The van der Waals surface area contributed by atoms with Gasteiger partial charge in [0.1, 0.15) is 0 Å². The van der Waals surface area contributed by atoms with E-state index in [1.807, 2.05) is 35.1 Å². The lowest BCUT2D eigenvalue weighted by Gasteiger charge is -2.02. The number of carbonyl (C=O) groups is 1. The molecular weight excluding hydrogens is 202 g/mol. The third-order valence-corrected chi connectivity index (χ3v) is 2.91. The number of hydrogen-bond donors (Lipinski definition) is 1. The second-order valence-corrected chi connectivity index (χ2v) is 4.19. The Balaban J connectivity index is 1.76. The topological polar surface area (TPSA) is 46.4 Å². The van der Waals surface area contributed by atoms with Crippen molar-refractivity contribution in [2.75, 3.05) is 0 Å². The normalized spacial score (nSPS) is 15.2. The van der Waals surface area contributed by atoms with Crippen LogP contribution in [-0.4, -0.2) is 15.5 Å². The van der Waals surface area contributed by atoms with Gasteiger partial charge in [0.15, 0.2) is 0 Å². The average molecular weight is 215 g/mol. The van der Waals surface area contributed by atoms with Gasteiger partial charge in [-0.15, -0.1) is 0 Å². The minimum atomic E-state index is 0.176. The van der Waals surface area contributed by atoms with Gasteiger partial charge in [0.25, 0.3) is 0 Å². The van der Waals surface area contributed by atoms with E-state index in [1.165, 1.54) is 0 Å². The zero-order chi connectivity index (χ0) is 11.0. The molecule has 1 aliphatic carbocycles. The first kappa shape index (κ1) is 9.39. The number of carbonyl (C=O) groups excluding carboxylic acids is 1. The van der Waals surface area contributed by atoms with Gasteiger partial charge in [-0.2, -0.15) is 5.10 Å². The smallest absolute Gasteiger partial charge is 0.223 e. The molecule has 1 N–H and O–H groups in total. The van der Waals surface area contributed by atoms with E-state index in [4.69, 9.17) is 0 Å². The van der Waals surface area contributed by atoms with Crippen molar-refractivity contribution in [3.63, 3.8) is 0 Å². The summed E-state index contributed by atoms with van der Waals surface area (Å²) in [7, 11) is 0. The number of amides is 1. The maximum atomic E-state index is 11.5. The molecule has 0 aromatic carbocycles. The summed E-state index contributed by atoms with van der Waals surface area (Å²) in [5.41, 5.74) is 2.12. The van der Waals surface area contributed by atoms with E-state index in [0.717, 1.165) is 23.9 Å². The summed E-state index contributed by atoms with van der Waals surface area (Å²) >= 11 is 0. The van der Waals surface area contributed by atoms with E-state index in [2.05, 4.69) is 10.4 Å². The van der Waals surface area contributed by atoms with Crippen molar-refractivity contribution < 1.29 is 4.79 Å². The Morgan fingerprint density at radius 1 is 1.50 bits per heavy atom. The lowest BCUT2D eigenvalue weighted by molar-refractivity contribution is -0.122. The molecule has 0 atom stereocenters. The SMILES string of the molecule is O=C(NCc1cnn2ccccc12)C1CC1. The number of pyridine rings is 1. The van der Waals surface area contributed by atoms with Gasteiger partial charge in [0.05, 0.1) is 11.7 Å². The number of fused-ring (bicyclic) bond motifs is 1. The number of aromatic nitrogens is 2. The van der Waals surface area contributed by atoms with Crippen LogP contribution in [0.2, 0.25) is 0 Å². The first-order valence-corrected chi connectivity index (χ1v) is 5.53. The molecule has 0 radical (unpaired) electrons. The van der Waals surface area contributed by atoms with Crippen molar-refractivity contribution in [3.8, 4) is 0 Å². The van der Waals surface area contributed by atoms with E-state index < -0.39 is 0 Å². The number of nitrogens with zero attached hydrogens (tertiary/aromatic N) is 2. The second-order valence-electron chi connectivity index (χ2n) is 4.19. The third-order valence-electron chi connectivity index (χ3n) is 2.91. The molecule has 0 spiro atoms. The fourth-order valence-electron chi connectivity index (χ4n) is 1.80. The van der Waals surface area contributed by atoms with Crippen LogP contribution >= 0.6 is 0 Å². The largest absolute Gasteiger partial charge is 0.352 e. The van der Waals surface area contributed by atoms with Crippen molar-refractivity contribution in [2.45, 2.75) is 19.4 Å². The molecule has 16 heavy (non-hydrogen) atoms. The Hall–Kier alpha value is -1.84. The quantitative estimate of drug-likeness (QED) is 0.840. The highest BCUT2D eigenvalue weighted by atomic mass is 16.2. The molecule has 0 unspecified atom stereocenters. The molecule has 0 aliphatic heterocycles. The van der Waals surface area contributed by atoms with Gasteiger partial charge in [0.2, 0.25) is 5.91 Å². The predicted molar refractivity (Wildman–Crippen MR) is 59.8 cm³/mol. The van der Waals surface area contributed by atoms with Gasteiger partial charge in [-0.1, -0.05) is 6.07 Å². The fourth-order valence-corrected chi connectivity index (χ4v) is 1.80. The molecule has 2 heterocycles. The molecule has 4 heteroatoms. The lowest BCUT2D eigenvalue weighted by Crippen LogP contribution is -2.23. The monoisotopic (exact) mass is 215 g/mol. The van der Waals surface area contributed by atoms with Gasteiger partial charge in [-0.3, -0.25) is 4.79 Å². The van der Waals surface area contributed by atoms with E-state index in [9.17, 15) is 4.79 Å². The molecule has 1 aliphatic rings. The minimum Gasteiger partial charge on any atom is -0.352 e. The summed E-state index contributed by atoms with van der Waals surface area (Å²) in [6.07, 6.45) is 5.80. The lowest BCUT2D eigenvalue weighted by atomic mass is 10.2. The summed E-state index contributed by atoms with van der Waals surface area (Å²) < 4.78 is 1.82. The van der Waals surface area contributed by atoms with Crippen molar-refractivity contribution in [1.82, 2.24) is 14.9 Å². The van der Waals surface area contributed by atoms with E-state index in [1.54, 1.807) is 0 Å². The van der Waals surface area contributed by atoms with Crippen molar-refractivity contribution in [3.05, 3.63) is 36.2 Å². The van der Waals surface area contributed by atoms with Gasteiger partial charge in [-0.05, 0) is 25.0 Å². The van der Waals surface area contributed by atoms with Crippen LogP contribution in [0.3, 0.4) is 0 Å². The van der Waals surface area contributed by atoms with Gasteiger partial charge in [0, 0.05) is 24.2 Å². The summed E-state index contributed by atoms with van der Waals surface area (Å²) in [4.78, 5) is 11.5. The summed E-state index contributed by atoms with van der Waals surface area (Å²) in [6.45, 7) is 0.572. The predicted octanol–water partition coefficient (Wildman–Crippen LogP) is 1.36. The Bertz CT molecular complexity index is 528.